The predicted octanol–water partition coefficient (Wildman–Crippen LogP) is 15.1. The number of furan rings is 1. The Morgan fingerprint density at radius 1 is 0.609 bits per heavy atom. The standard InChI is InChI=1S/C60H64BN2O/c1-10-11-13-20-36-29-47-54-48(30-36)61-53-43(32-42-38-23-16-17-24-44(38)58(6,7)52(42)55(53)63(54)60(9)26-19-18-25-59(47,60)8)39-31-40-41-33-45-46(57(4,5)28-27-56(45,2)3)34-50(41)64-51(40)35-49(39)62-37-21-14-12-15-22-37/h12,14-17,21-24,29-35,62H,10-11,13,18-20,25-28H2,1-9H3. The van der Waals surface area contributed by atoms with Crippen molar-refractivity contribution in [1.29, 1.82) is 0 Å². The predicted molar refractivity (Wildman–Crippen MR) is 273 cm³/mol. The molecule has 2 unspecified atom stereocenters. The van der Waals surface area contributed by atoms with E-state index in [0.717, 1.165) is 29.0 Å². The Morgan fingerprint density at radius 2 is 1.31 bits per heavy atom. The van der Waals surface area contributed by atoms with Crippen LogP contribution in [0.4, 0.5) is 22.7 Å². The van der Waals surface area contributed by atoms with Gasteiger partial charge in [0.25, 0.3) is 0 Å². The van der Waals surface area contributed by atoms with E-state index in [9.17, 15) is 0 Å². The Kier molecular flexibility index (Phi) is 8.60. The van der Waals surface area contributed by atoms with Gasteiger partial charge < -0.3 is 14.6 Å². The van der Waals surface area contributed by atoms with Crippen LogP contribution in [0.15, 0.2) is 101 Å². The number of benzene rings is 6. The Hall–Kier alpha value is -5.22. The Bertz CT molecular complexity index is 3090. The number of fused-ring (bicyclic) bond motifs is 13. The summed E-state index contributed by atoms with van der Waals surface area (Å²) in [5.74, 6) is 0. The van der Waals surface area contributed by atoms with Crippen LogP contribution in [-0.4, -0.2) is 12.8 Å². The summed E-state index contributed by atoms with van der Waals surface area (Å²) in [6, 6.07) is 37.5. The zero-order valence-corrected chi connectivity index (χ0v) is 39.7. The molecule has 1 saturated carbocycles. The van der Waals surface area contributed by atoms with Crippen LogP contribution in [0.5, 0.6) is 0 Å². The Labute approximate surface area is 382 Å². The van der Waals surface area contributed by atoms with E-state index in [-0.39, 0.29) is 27.2 Å². The van der Waals surface area contributed by atoms with Crippen molar-refractivity contribution < 1.29 is 4.42 Å². The van der Waals surface area contributed by atoms with E-state index in [1.165, 1.54) is 141 Å². The van der Waals surface area contributed by atoms with E-state index < -0.39 is 0 Å². The second-order valence-electron chi connectivity index (χ2n) is 22.8. The maximum Gasteiger partial charge on any atom is 0.197 e. The fourth-order valence-electron chi connectivity index (χ4n) is 13.7. The molecule has 7 aromatic rings. The van der Waals surface area contributed by atoms with Crippen molar-refractivity contribution in [2.24, 2.45) is 0 Å². The van der Waals surface area contributed by atoms with Crippen molar-refractivity contribution >= 4 is 62.9 Å². The minimum absolute atomic E-state index is 0.0418. The number of nitrogens with one attached hydrogen (secondary N) is 1. The first kappa shape index (κ1) is 40.3. The molecule has 3 heterocycles. The molecule has 1 fully saturated rings. The summed E-state index contributed by atoms with van der Waals surface area (Å²) in [4.78, 5) is 2.93. The normalized spacial score (nSPS) is 22.6. The number of hydrogen-bond acceptors (Lipinski definition) is 3. The number of para-hydroxylation sites is 1. The molecule has 5 aliphatic rings. The van der Waals surface area contributed by atoms with Crippen LogP contribution in [-0.2, 0) is 28.1 Å². The fourth-order valence-corrected chi connectivity index (χ4v) is 13.7. The monoisotopic (exact) mass is 840 g/mol. The zero-order valence-electron chi connectivity index (χ0n) is 39.7. The van der Waals surface area contributed by atoms with Crippen molar-refractivity contribution in [3.63, 3.8) is 0 Å². The van der Waals surface area contributed by atoms with Gasteiger partial charge in [0, 0.05) is 50.3 Å². The van der Waals surface area contributed by atoms with Gasteiger partial charge in [-0.1, -0.05) is 141 Å². The lowest BCUT2D eigenvalue weighted by Crippen LogP contribution is -2.58. The van der Waals surface area contributed by atoms with Crippen LogP contribution in [0, 0.1) is 0 Å². The van der Waals surface area contributed by atoms with E-state index >= 15 is 0 Å². The summed E-state index contributed by atoms with van der Waals surface area (Å²) in [7, 11) is 2.62. The highest BCUT2D eigenvalue weighted by molar-refractivity contribution is 6.73. The Morgan fingerprint density at radius 3 is 2.09 bits per heavy atom. The molecule has 3 nitrogen and oxygen atoms in total. The first-order valence-corrected chi connectivity index (χ1v) is 24.7. The van der Waals surface area contributed by atoms with E-state index in [2.05, 4.69) is 177 Å². The van der Waals surface area contributed by atoms with Gasteiger partial charge >= 0.3 is 0 Å². The second-order valence-corrected chi connectivity index (χ2v) is 22.8. The van der Waals surface area contributed by atoms with E-state index in [0.29, 0.717) is 0 Å². The topological polar surface area (TPSA) is 28.4 Å². The number of aryl methyl sites for hydroxylation is 1. The molecule has 1 radical (unpaired) electrons. The SMILES string of the molecule is CCCCCc1cc2c3c(c1)C1(C)CCCCC1(C)N3c1c(c(-c3cc4c(cc3Nc3ccccc3)oc3cc5c(cc34)C(C)(C)CCC5(C)C)cc3c1C(C)(C)c1ccccc1-3)[B]2. The molecule has 1 aromatic heterocycles. The average Bonchev–Trinajstić information content (AvgIpc) is 3.82. The minimum Gasteiger partial charge on any atom is -0.456 e. The summed E-state index contributed by atoms with van der Waals surface area (Å²) in [6.45, 7) is 22.2. The van der Waals surface area contributed by atoms with Crippen molar-refractivity contribution in [3.05, 3.63) is 130 Å². The van der Waals surface area contributed by atoms with Crippen LogP contribution < -0.4 is 21.1 Å². The zero-order chi connectivity index (χ0) is 44.1. The van der Waals surface area contributed by atoms with Gasteiger partial charge in [-0.2, -0.15) is 0 Å². The third kappa shape index (κ3) is 5.47. The lowest BCUT2D eigenvalue weighted by Gasteiger charge is -2.52. The van der Waals surface area contributed by atoms with Crippen LogP contribution in [0.2, 0.25) is 0 Å². The van der Waals surface area contributed by atoms with Gasteiger partial charge in [-0.3, -0.25) is 0 Å². The number of anilines is 4. The van der Waals surface area contributed by atoms with E-state index in [1.807, 2.05) is 0 Å². The lowest BCUT2D eigenvalue weighted by molar-refractivity contribution is 0.194. The molecule has 12 rings (SSSR count). The summed E-state index contributed by atoms with van der Waals surface area (Å²) in [5, 5.41) is 6.36. The maximum absolute atomic E-state index is 6.98. The van der Waals surface area contributed by atoms with Gasteiger partial charge in [0.1, 0.15) is 11.2 Å². The van der Waals surface area contributed by atoms with Gasteiger partial charge in [0.2, 0.25) is 0 Å². The van der Waals surface area contributed by atoms with Crippen molar-refractivity contribution in [2.75, 3.05) is 10.2 Å². The van der Waals surface area contributed by atoms with Gasteiger partial charge in [0.05, 0.1) is 11.2 Å². The van der Waals surface area contributed by atoms with Crippen LogP contribution >= 0.6 is 0 Å². The van der Waals surface area contributed by atoms with Crippen molar-refractivity contribution in [1.82, 2.24) is 0 Å². The van der Waals surface area contributed by atoms with Gasteiger partial charge in [0.15, 0.2) is 7.28 Å². The fraction of sp³-hybridized carbons (Fsp3) is 0.400. The number of hydrogen-bond donors (Lipinski definition) is 1. The van der Waals surface area contributed by atoms with Gasteiger partial charge in [-0.25, -0.2) is 0 Å². The molecular weight excluding hydrogens is 775 g/mol. The highest BCUT2D eigenvalue weighted by Gasteiger charge is 2.61. The number of unbranched alkanes of at least 4 members (excludes halogenated alkanes) is 2. The molecular formula is C60H64BN2O. The third-order valence-corrected chi connectivity index (χ3v) is 17.7. The highest BCUT2D eigenvalue weighted by atomic mass is 16.3. The van der Waals surface area contributed by atoms with Crippen molar-refractivity contribution in [2.45, 2.75) is 154 Å². The van der Waals surface area contributed by atoms with E-state index in [1.54, 1.807) is 5.56 Å². The first-order chi connectivity index (χ1) is 30.6. The molecule has 323 valence electrons. The first-order valence-electron chi connectivity index (χ1n) is 24.7. The molecule has 6 aromatic carbocycles. The summed E-state index contributed by atoms with van der Waals surface area (Å²) in [5.41, 5.74) is 23.8. The number of nitrogens with zero attached hydrogens (tertiary/aromatic N) is 1. The second kappa shape index (κ2) is 13.7. The summed E-state index contributed by atoms with van der Waals surface area (Å²) < 4.78 is 6.98. The van der Waals surface area contributed by atoms with Gasteiger partial charge in [-0.05, 0) is 148 Å². The molecule has 64 heavy (non-hydrogen) atoms. The largest absolute Gasteiger partial charge is 0.456 e. The molecule has 0 saturated heterocycles. The summed E-state index contributed by atoms with van der Waals surface area (Å²) in [6.07, 6.45) is 12.2. The molecule has 3 aliphatic carbocycles. The van der Waals surface area contributed by atoms with Crippen molar-refractivity contribution in [3.8, 4) is 22.3 Å². The molecule has 0 spiro atoms. The molecule has 4 heteroatoms. The molecule has 0 amide bonds. The summed E-state index contributed by atoms with van der Waals surface area (Å²) >= 11 is 0. The molecule has 0 bridgehead atoms. The van der Waals surface area contributed by atoms with Crippen LogP contribution in [0.1, 0.15) is 153 Å². The molecule has 1 N–H and O–H groups in total. The van der Waals surface area contributed by atoms with Crippen LogP contribution in [0.3, 0.4) is 0 Å². The van der Waals surface area contributed by atoms with Crippen LogP contribution in [0.25, 0.3) is 44.2 Å². The average molecular weight is 840 g/mol. The molecule has 2 aliphatic heterocycles. The van der Waals surface area contributed by atoms with Gasteiger partial charge in [-0.15, -0.1) is 0 Å². The maximum atomic E-state index is 6.98. The lowest BCUT2D eigenvalue weighted by atomic mass is 9.56. The molecule has 2 atom stereocenters. The number of rotatable bonds is 7. The minimum atomic E-state index is -0.181. The quantitative estimate of drug-likeness (QED) is 0.128. The highest BCUT2D eigenvalue weighted by Crippen LogP contribution is 2.64. The third-order valence-electron chi connectivity index (χ3n) is 17.7. The smallest absolute Gasteiger partial charge is 0.197 e. The Balaban J connectivity index is 1.18. The van der Waals surface area contributed by atoms with E-state index in [4.69, 9.17) is 4.42 Å².